The summed E-state index contributed by atoms with van der Waals surface area (Å²) in [5.41, 5.74) is 0. The van der Waals surface area contributed by atoms with Gasteiger partial charge >= 0.3 is 0 Å². The summed E-state index contributed by atoms with van der Waals surface area (Å²) in [6, 6.07) is 0. The van der Waals surface area contributed by atoms with Crippen molar-refractivity contribution in [2.75, 3.05) is 0 Å². The highest BCUT2D eigenvalue weighted by molar-refractivity contribution is 7.84. The van der Waals surface area contributed by atoms with Gasteiger partial charge in [0.2, 0.25) is 0 Å². The van der Waals surface area contributed by atoms with Gasteiger partial charge in [-0.05, 0) is 0 Å². The molecule has 0 radical (unpaired) electrons. The predicted molar refractivity (Wildman–Crippen MR) is 40.3 cm³/mol. The third-order valence-corrected chi connectivity index (χ3v) is 1.82. The van der Waals surface area contributed by atoms with Gasteiger partial charge in [0.1, 0.15) is 6.17 Å². The maximum absolute atomic E-state index is 12.8. The standard InChI is InChI=1S/C7H9FS/c1-5-3-2-4-6(9)7(5)8/h2-5,7,9H,1H3. The van der Waals surface area contributed by atoms with Gasteiger partial charge in [-0.1, -0.05) is 25.2 Å². The Labute approximate surface area is 59.9 Å². The Morgan fingerprint density at radius 3 is 2.78 bits per heavy atom. The summed E-state index contributed by atoms with van der Waals surface area (Å²) >= 11 is 3.95. The summed E-state index contributed by atoms with van der Waals surface area (Å²) in [5.74, 6) is -0.0116. The second kappa shape index (κ2) is 2.56. The Hall–Kier alpha value is -0.240. The van der Waals surface area contributed by atoms with Crippen molar-refractivity contribution in [2.45, 2.75) is 13.1 Å². The van der Waals surface area contributed by atoms with Crippen molar-refractivity contribution in [2.24, 2.45) is 5.92 Å². The fraction of sp³-hybridized carbons (Fsp3) is 0.429. The molecular weight excluding hydrogens is 135 g/mol. The lowest BCUT2D eigenvalue weighted by Gasteiger charge is -2.15. The first kappa shape index (κ1) is 6.87. The molecule has 2 atom stereocenters. The molecule has 0 fully saturated rings. The second-order valence-corrected chi connectivity index (χ2v) is 2.75. The molecule has 0 nitrogen and oxygen atoms in total. The third-order valence-electron chi connectivity index (χ3n) is 1.43. The molecule has 0 bridgehead atoms. The zero-order chi connectivity index (χ0) is 6.85. The highest BCUT2D eigenvalue weighted by atomic mass is 32.1. The van der Waals surface area contributed by atoms with Crippen LogP contribution in [0, 0.1) is 5.92 Å². The molecule has 0 aliphatic heterocycles. The minimum atomic E-state index is -0.890. The molecule has 0 aromatic rings. The van der Waals surface area contributed by atoms with E-state index in [-0.39, 0.29) is 5.92 Å². The number of halogens is 1. The summed E-state index contributed by atoms with van der Waals surface area (Å²) in [6.07, 6.45) is 4.47. The Bertz CT molecular complexity index is 160. The number of thiol groups is 1. The molecule has 0 heterocycles. The van der Waals surface area contributed by atoms with Crippen molar-refractivity contribution in [1.29, 1.82) is 0 Å². The van der Waals surface area contributed by atoms with E-state index in [4.69, 9.17) is 0 Å². The lowest BCUT2D eigenvalue weighted by atomic mass is 10.0. The fourth-order valence-electron chi connectivity index (χ4n) is 0.788. The molecule has 0 aromatic carbocycles. The molecule has 9 heavy (non-hydrogen) atoms. The minimum Gasteiger partial charge on any atom is -0.241 e. The largest absolute Gasteiger partial charge is 0.241 e. The van der Waals surface area contributed by atoms with Gasteiger partial charge in [-0.25, -0.2) is 4.39 Å². The van der Waals surface area contributed by atoms with E-state index in [0.717, 1.165) is 0 Å². The molecule has 0 saturated carbocycles. The molecule has 2 heteroatoms. The number of allylic oxidation sites excluding steroid dienone is 4. The van der Waals surface area contributed by atoms with Crippen LogP contribution in [0.25, 0.3) is 0 Å². The molecule has 0 N–H and O–H groups in total. The quantitative estimate of drug-likeness (QED) is 0.496. The van der Waals surface area contributed by atoms with Crippen LogP contribution >= 0.6 is 12.6 Å². The van der Waals surface area contributed by atoms with Crippen LogP contribution in [0.5, 0.6) is 0 Å². The molecule has 0 spiro atoms. The lowest BCUT2D eigenvalue weighted by Crippen LogP contribution is -2.12. The topological polar surface area (TPSA) is 0 Å². The van der Waals surface area contributed by atoms with E-state index in [1.165, 1.54) is 0 Å². The average Bonchev–Trinajstić information content (AvgIpc) is 1.83. The Kier molecular flexibility index (Phi) is 1.96. The van der Waals surface area contributed by atoms with Gasteiger partial charge in [-0.3, -0.25) is 0 Å². The number of rotatable bonds is 0. The van der Waals surface area contributed by atoms with E-state index in [1.807, 2.05) is 19.1 Å². The van der Waals surface area contributed by atoms with Crippen molar-refractivity contribution in [3.05, 3.63) is 23.1 Å². The van der Waals surface area contributed by atoms with E-state index in [2.05, 4.69) is 12.6 Å². The highest BCUT2D eigenvalue weighted by Crippen LogP contribution is 2.23. The van der Waals surface area contributed by atoms with Crippen LogP contribution < -0.4 is 0 Å². The van der Waals surface area contributed by atoms with E-state index in [9.17, 15) is 4.39 Å². The molecule has 50 valence electrons. The number of alkyl halides is 1. The Morgan fingerprint density at radius 2 is 2.33 bits per heavy atom. The summed E-state index contributed by atoms with van der Waals surface area (Å²) in [4.78, 5) is 0.532. The minimum absolute atomic E-state index is 0.0116. The summed E-state index contributed by atoms with van der Waals surface area (Å²) in [5, 5.41) is 0. The van der Waals surface area contributed by atoms with Crippen LogP contribution in [0.1, 0.15) is 6.92 Å². The lowest BCUT2D eigenvalue weighted by molar-refractivity contribution is 0.329. The van der Waals surface area contributed by atoms with Crippen molar-refractivity contribution in [3.8, 4) is 0 Å². The van der Waals surface area contributed by atoms with Gasteiger partial charge in [0.05, 0.1) is 0 Å². The van der Waals surface area contributed by atoms with Crippen LogP contribution in [0.4, 0.5) is 4.39 Å². The predicted octanol–water partition coefficient (Wildman–Crippen LogP) is 2.34. The van der Waals surface area contributed by atoms with Crippen LogP contribution in [0.2, 0.25) is 0 Å². The zero-order valence-corrected chi connectivity index (χ0v) is 6.11. The second-order valence-electron chi connectivity index (χ2n) is 2.24. The molecule has 0 aromatic heterocycles. The third kappa shape index (κ3) is 1.36. The van der Waals surface area contributed by atoms with Crippen LogP contribution in [-0.4, -0.2) is 6.17 Å². The normalized spacial score (nSPS) is 34.3. The van der Waals surface area contributed by atoms with Crippen molar-refractivity contribution in [3.63, 3.8) is 0 Å². The van der Waals surface area contributed by atoms with Gasteiger partial charge in [-0.2, -0.15) is 0 Å². The molecule has 1 aliphatic carbocycles. The first-order chi connectivity index (χ1) is 4.22. The smallest absolute Gasteiger partial charge is 0.137 e. The molecule has 0 amide bonds. The van der Waals surface area contributed by atoms with E-state index >= 15 is 0 Å². The van der Waals surface area contributed by atoms with E-state index in [0.29, 0.717) is 4.91 Å². The average molecular weight is 144 g/mol. The summed E-state index contributed by atoms with van der Waals surface area (Å²) < 4.78 is 12.8. The number of hydrogen-bond acceptors (Lipinski definition) is 1. The van der Waals surface area contributed by atoms with E-state index < -0.39 is 6.17 Å². The molecular formula is C7H9FS. The zero-order valence-electron chi connectivity index (χ0n) is 5.21. The Morgan fingerprint density at radius 1 is 1.67 bits per heavy atom. The molecule has 1 aliphatic rings. The van der Waals surface area contributed by atoms with Gasteiger partial charge in [0, 0.05) is 10.8 Å². The SMILES string of the molecule is CC1C=CC=C(S)C1F. The Balaban J connectivity index is 2.73. The van der Waals surface area contributed by atoms with Crippen molar-refractivity contribution in [1.82, 2.24) is 0 Å². The van der Waals surface area contributed by atoms with Crippen LogP contribution in [-0.2, 0) is 0 Å². The first-order valence-electron chi connectivity index (χ1n) is 2.93. The first-order valence-corrected chi connectivity index (χ1v) is 3.38. The summed E-state index contributed by atoms with van der Waals surface area (Å²) in [7, 11) is 0. The monoisotopic (exact) mass is 144 g/mol. The highest BCUT2D eigenvalue weighted by Gasteiger charge is 2.17. The molecule has 1 rings (SSSR count). The van der Waals surface area contributed by atoms with Gasteiger partial charge in [-0.15, -0.1) is 12.6 Å². The molecule has 2 unspecified atom stereocenters. The summed E-state index contributed by atoms with van der Waals surface area (Å²) in [6.45, 7) is 1.84. The maximum atomic E-state index is 12.8. The number of hydrogen-bond donors (Lipinski definition) is 1. The van der Waals surface area contributed by atoms with Crippen LogP contribution in [0.3, 0.4) is 0 Å². The fourth-order valence-corrected chi connectivity index (χ4v) is 1.11. The van der Waals surface area contributed by atoms with Crippen molar-refractivity contribution >= 4 is 12.6 Å². The maximum Gasteiger partial charge on any atom is 0.137 e. The van der Waals surface area contributed by atoms with Crippen molar-refractivity contribution < 1.29 is 4.39 Å². The van der Waals surface area contributed by atoms with Gasteiger partial charge in [0.25, 0.3) is 0 Å². The van der Waals surface area contributed by atoms with Gasteiger partial charge < -0.3 is 0 Å². The van der Waals surface area contributed by atoms with Gasteiger partial charge in [0.15, 0.2) is 0 Å². The van der Waals surface area contributed by atoms with E-state index in [1.54, 1.807) is 6.08 Å². The molecule has 0 saturated heterocycles. The van der Waals surface area contributed by atoms with Crippen LogP contribution in [0.15, 0.2) is 23.1 Å².